The molecule has 2 N–H and O–H groups in total. The molecule has 3 heterocycles. The van der Waals surface area contributed by atoms with Gasteiger partial charge in [-0.25, -0.2) is 14.6 Å². The van der Waals surface area contributed by atoms with Crippen LogP contribution in [-0.4, -0.2) is 74.7 Å². The Hall–Kier alpha value is -4.73. The summed E-state index contributed by atoms with van der Waals surface area (Å²) in [4.78, 5) is 25.9. The molecular weight excluding hydrogens is 579 g/mol. The number of alkyl halides is 3. The minimum absolute atomic E-state index is 0.0139. The maximum Gasteiger partial charge on any atom is 0.435 e. The third kappa shape index (κ3) is 7.12. The number of nitrogens with zero attached hydrogens (tertiary/aromatic N) is 5. The van der Waals surface area contributed by atoms with Crippen LogP contribution in [0.1, 0.15) is 16.1 Å². The van der Waals surface area contributed by atoms with Gasteiger partial charge in [0.15, 0.2) is 11.5 Å². The smallest absolute Gasteiger partial charge is 0.435 e. The van der Waals surface area contributed by atoms with Gasteiger partial charge >= 0.3 is 6.18 Å². The van der Waals surface area contributed by atoms with Crippen molar-refractivity contribution in [1.82, 2.24) is 30.0 Å². The molecule has 1 aromatic carbocycles. The van der Waals surface area contributed by atoms with Gasteiger partial charge in [-0.1, -0.05) is 0 Å². The van der Waals surface area contributed by atoms with E-state index in [1.165, 1.54) is 46.0 Å². The standard InChI is InChI=1S/C26H26F3N7O5S/c1-39-17-10-16(11-18(12-17)40-2)33-25-32-14-20(22(34-25)36-7-5-21(35-36)26(27,28)29)15-9-19(24(41-3)31-13-15)23(37)30-6-8-42(4)38/h5,7,9-14H,6,8H2,1-4H3,(H,30,37)(H,32,33,34). The molecule has 12 nitrogen and oxygen atoms in total. The average Bonchev–Trinajstić information content (AvgIpc) is 3.47. The highest BCUT2D eigenvalue weighted by Crippen LogP contribution is 2.32. The number of hydrogen-bond donors (Lipinski definition) is 2. The van der Waals surface area contributed by atoms with Crippen LogP contribution >= 0.6 is 0 Å². The summed E-state index contributed by atoms with van der Waals surface area (Å²) < 4.78 is 68.3. The zero-order chi connectivity index (χ0) is 30.4. The number of amides is 1. The molecule has 222 valence electrons. The number of aromatic nitrogens is 5. The number of methoxy groups -OCH3 is 3. The molecule has 1 unspecified atom stereocenters. The number of carbonyl (C=O) groups is 1. The van der Waals surface area contributed by atoms with Crippen molar-refractivity contribution in [1.29, 1.82) is 0 Å². The second kappa shape index (κ2) is 12.8. The predicted octanol–water partition coefficient (Wildman–Crippen LogP) is 3.62. The van der Waals surface area contributed by atoms with Gasteiger partial charge < -0.3 is 24.8 Å². The third-order valence-electron chi connectivity index (χ3n) is 5.75. The van der Waals surface area contributed by atoms with Crippen molar-refractivity contribution in [2.24, 2.45) is 0 Å². The molecular formula is C26H26F3N7O5S. The van der Waals surface area contributed by atoms with Gasteiger partial charge in [0.2, 0.25) is 11.8 Å². The number of ether oxygens (including phenoxy) is 3. The first kappa shape index (κ1) is 30.2. The Morgan fingerprint density at radius 2 is 1.74 bits per heavy atom. The molecule has 0 aliphatic carbocycles. The van der Waals surface area contributed by atoms with Crippen LogP contribution in [0.2, 0.25) is 0 Å². The van der Waals surface area contributed by atoms with E-state index in [1.54, 1.807) is 18.2 Å². The fourth-order valence-corrected chi connectivity index (χ4v) is 4.13. The average molecular weight is 606 g/mol. The molecule has 0 spiro atoms. The SMILES string of the molecule is COc1cc(Nc2ncc(-c3cnc(OC)c(C(=O)NCCS(C)=O)c3)c(-n3ccc(C(F)(F)F)n3)n2)cc(OC)c1. The molecule has 16 heteroatoms. The molecule has 42 heavy (non-hydrogen) atoms. The van der Waals surface area contributed by atoms with Crippen LogP contribution in [0.3, 0.4) is 0 Å². The van der Waals surface area contributed by atoms with Crippen molar-refractivity contribution in [3.8, 4) is 34.3 Å². The molecule has 0 fully saturated rings. The van der Waals surface area contributed by atoms with Gasteiger partial charge in [0, 0.05) is 83.0 Å². The largest absolute Gasteiger partial charge is 0.497 e. The van der Waals surface area contributed by atoms with Crippen LogP contribution in [-0.2, 0) is 17.0 Å². The lowest BCUT2D eigenvalue weighted by atomic mass is 10.1. The van der Waals surface area contributed by atoms with Gasteiger partial charge in [0.05, 0.1) is 21.3 Å². The highest BCUT2D eigenvalue weighted by Gasteiger charge is 2.34. The van der Waals surface area contributed by atoms with Crippen molar-refractivity contribution in [2.45, 2.75) is 6.18 Å². The number of pyridine rings is 1. The second-order valence-electron chi connectivity index (χ2n) is 8.61. The number of rotatable bonds is 11. The molecule has 0 saturated heterocycles. The van der Waals surface area contributed by atoms with Gasteiger partial charge in [-0.2, -0.15) is 23.3 Å². The fourth-order valence-electron chi connectivity index (χ4n) is 3.74. The lowest BCUT2D eigenvalue weighted by Crippen LogP contribution is -2.28. The van der Waals surface area contributed by atoms with Crippen molar-refractivity contribution in [2.75, 3.05) is 45.2 Å². The van der Waals surface area contributed by atoms with E-state index in [0.29, 0.717) is 22.7 Å². The topological polar surface area (TPSA) is 142 Å². The first-order valence-electron chi connectivity index (χ1n) is 12.2. The zero-order valence-corrected chi connectivity index (χ0v) is 23.7. The minimum Gasteiger partial charge on any atom is -0.497 e. The van der Waals surface area contributed by atoms with E-state index in [4.69, 9.17) is 14.2 Å². The minimum atomic E-state index is -4.69. The van der Waals surface area contributed by atoms with Crippen LogP contribution in [0, 0.1) is 0 Å². The van der Waals surface area contributed by atoms with Crippen molar-refractivity contribution in [3.05, 3.63) is 60.2 Å². The number of carbonyl (C=O) groups excluding carboxylic acids is 1. The monoisotopic (exact) mass is 605 g/mol. The first-order valence-corrected chi connectivity index (χ1v) is 13.9. The van der Waals surface area contributed by atoms with Crippen LogP contribution < -0.4 is 24.8 Å². The van der Waals surface area contributed by atoms with Gasteiger partial charge in [0.25, 0.3) is 5.91 Å². The zero-order valence-electron chi connectivity index (χ0n) is 22.9. The fraction of sp³-hybridized carbons (Fsp3) is 0.269. The Bertz CT molecular complexity index is 1590. The maximum atomic E-state index is 13.4. The van der Waals surface area contributed by atoms with Crippen molar-refractivity contribution >= 4 is 28.3 Å². The lowest BCUT2D eigenvalue weighted by molar-refractivity contribution is -0.141. The molecule has 0 bridgehead atoms. The normalized spacial score (nSPS) is 12.0. The Balaban J connectivity index is 1.79. The van der Waals surface area contributed by atoms with E-state index in [9.17, 15) is 22.2 Å². The van der Waals surface area contributed by atoms with Gasteiger partial charge in [-0.15, -0.1) is 0 Å². The summed E-state index contributed by atoms with van der Waals surface area (Å²) in [5, 5.41) is 9.31. The summed E-state index contributed by atoms with van der Waals surface area (Å²) in [7, 11) is 3.19. The van der Waals surface area contributed by atoms with E-state index >= 15 is 0 Å². The Labute approximate surface area is 240 Å². The summed E-state index contributed by atoms with van der Waals surface area (Å²) in [6.07, 6.45) is 0.670. The van der Waals surface area contributed by atoms with E-state index in [0.717, 1.165) is 16.9 Å². The molecule has 0 aliphatic rings. The Morgan fingerprint density at radius 1 is 1.02 bits per heavy atom. The van der Waals surface area contributed by atoms with Crippen LogP contribution in [0.5, 0.6) is 17.4 Å². The second-order valence-corrected chi connectivity index (χ2v) is 10.2. The molecule has 3 aromatic heterocycles. The molecule has 0 saturated carbocycles. The third-order valence-corrected chi connectivity index (χ3v) is 6.53. The quantitative estimate of drug-likeness (QED) is 0.260. The van der Waals surface area contributed by atoms with Crippen molar-refractivity contribution in [3.63, 3.8) is 0 Å². The van der Waals surface area contributed by atoms with Crippen LogP contribution in [0.4, 0.5) is 24.8 Å². The van der Waals surface area contributed by atoms with Crippen LogP contribution in [0.15, 0.2) is 48.9 Å². The number of halogens is 3. The molecule has 4 aromatic rings. The maximum absolute atomic E-state index is 13.4. The first-order chi connectivity index (χ1) is 20.0. The molecule has 1 atom stereocenters. The van der Waals surface area contributed by atoms with Crippen LogP contribution in [0.25, 0.3) is 16.9 Å². The summed E-state index contributed by atoms with van der Waals surface area (Å²) in [5.41, 5.74) is -0.0714. The van der Waals surface area contributed by atoms with Gasteiger partial charge in [0.1, 0.15) is 17.1 Å². The number of nitrogens with one attached hydrogen (secondary N) is 2. The molecule has 4 rings (SSSR count). The summed E-state index contributed by atoms with van der Waals surface area (Å²) in [5.74, 6) is 0.676. The number of benzene rings is 1. The summed E-state index contributed by atoms with van der Waals surface area (Å²) in [6, 6.07) is 7.23. The van der Waals surface area contributed by atoms with E-state index in [2.05, 4.69) is 30.7 Å². The summed E-state index contributed by atoms with van der Waals surface area (Å²) >= 11 is 0. The van der Waals surface area contributed by atoms with Gasteiger partial charge in [-0.05, 0) is 12.1 Å². The summed E-state index contributed by atoms with van der Waals surface area (Å²) in [6.45, 7) is 0.145. The predicted molar refractivity (Wildman–Crippen MR) is 148 cm³/mol. The molecule has 1 amide bonds. The highest BCUT2D eigenvalue weighted by atomic mass is 32.2. The Kier molecular flexibility index (Phi) is 9.25. The lowest BCUT2D eigenvalue weighted by Gasteiger charge is -2.14. The van der Waals surface area contributed by atoms with E-state index < -0.39 is 28.6 Å². The van der Waals surface area contributed by atoms with E-state index in [1.807, 2.05) is 0 Å². The number of hydrogen-bond acceptors (Lipinski definition) is 10. The van der Waals surface area contributed by atoms with Crippen molar-refractivity contribution < 1.29 is 36.4 Å². The number of anilines is 2. The molecule has 0 aliphatic heterocycles. The molecule has 0 radical (unpaired) electrons. The Morgan fingerprint density at radius 3 is 2.33 bits per heavy atom. The van der Waals surface area contributed by atoms with Gasteiger partial charge in [-0.3, -0.25) is 9.00 Å². The highest BCUT2D eigenvalue weighted by molar-refractivity contribution is 7.84. The van der Waals surface area contributed by atoms with E-state index in [-0.39, 0.29) is 41.1 Å².